The zero-order valence-corrected chi connectivity index (χ0v) is 10.9. The van der Waals surface area contributed by atoms with Gasteiger partial charge in [-0.1, -0.05) is 6.92 Å². The van der Waals surface area contributed by atoms with Gasteiger partial charge in [0.15, 0.2) is 17.6 Å². The molecule has 3 nitrogen and oxygen atoms in total. The van der Waals surface area contributed by atoms with Gasteiger partial charge in [0.2, 0.25) is 29.1 Å². The van der Waals surface area contributed by atoms with E-state index >= 15 is 0 Å². The molecule has 0 aliphatic heterocycles. The second-order valence-corrected chi connectivity index (χ2v) is 4.52. The van der Waals surface area contributed by atoms with Crippen molar-refractivity contribution in [1.29, 1.82) is 0 Å². The first-order chi connectivity index (χ1) is 9.88. The van der Waals surface area contributed by atoms with Crippen LogP contribution in [0, 0.1) is 29.1 Å². The lowest BCUT2D eigenvalue weighted by molar-refractivity contribution is -0.155. The number of rotatable bonds is 5. The highest BCUT2D eigenvalue weighted by Crippen LogP contribution is 2.33. The monoisotopic (exact) mass is 310 g/mol. The van der Waals surface area contributed by atoms with Crippen LogP contribution in [0.25, 0.3) is 0 Å². The Hall–Kier alpha value is -1.70. The first-order valence-corrected chi connectivity index (χ1v) is 6.20. The van der Waals surface area contributed by atoms with Crippen molar-refractivity contribution < 1.29 is 36.2 Å². The summed E-state index contributed by atoms with van der Waals surface area (Å²) in [4.78, 5) is 11.3. The highest BCUT2D eigenvalue weighted by atomic mass is 19.2. The molecule has 0 spiro atoms. The number of hydrogen-bond acceptors (Lipinski definition) is 3. The van der Waals surface area contributed by atoms with Crippen LogP contribution in [0.2, 0.25) is 0 Å². The van der Waals surface area contributed by atoms with Crippen LogP contribution in [0.5, 0.6) is 5.75 Å². The van der Waals surface area contributed by atoms with E-state index in [-0.39, 0.29) is 18.8 Å². The van der Waals surface area contributed by atoms with Gasteiger partial charge in [0, 0.05) is 13.0 Å². The average Bonchev–Trinajstić information content (AvgIpc) is 2.46. The van der Waals surface area contributed by atoms with Gasteiger partial charge in [-0.15, -0.1) is 0 Å². The van der Waals surface area contributed by atoms with Crippen molar-refractivity contribution in [3.8, 4) is 5.75 Å². The molecule has 0 amide bonds. The van der Waals surface area contributed by atoms with Crippen molar-refractivity contribution in [3.63, 3.8) is 0 Å². The summed E-state index contributed by atoms with van der Waals surface area (Å²) in [7, 11) is 0. The molecule has 1 fully saturated rings. The Morgan fingerprint density at radius 3 is 2.00 bits per heavy atom. The van der Waals surface area contributed by atoms with Crippen LogP contribution in [0.1, 0.15) is 19.8 Å². The zero-order chi connectivity index (χ0) is 15.7. The quantitative estimate of drug-likeness (QED) is 0.476. The molecule has 0 radical (unpaired) electrons. The maximum atomic E-state index is 13.4. The average molecular weight is 310 g/mol. The number of halogens is 5. The third-order valence-electron chi connectivity index (χ3n) is 3.00. The largest absolute Gasteiger partial charge is 0.480 e. The molecule has 2 rings (SSSR count). The zero-order valence-electron chi connectivity index (χ0n) is 10.9. The standard InChI is InChI=1S/C13H11F5O3/c1-2-3-20-12-5(19)4-6(12)21-13-10(17)8(15)7(14)9(16)11(13)18/h6,12H,2-4H2,1H3. The number of carbonyl (C=O) groups is 1. The second kappa shape index (κ2) is 5.97. The molecule has 1 aromatic rings. The van der Waals surface area contributed by atoms with Gasteiger partial charge in [0.05, 0.1) is 0 Å². The Bertz CT molecular complexity index is 546. The normalized spacial score (nSPS) is 21.3. The fraction of sp³-hybridized carbons (Fsp3) is 0.462. The number of Topliss-reactive ketones (excluding diaryl/α,β-unsaturated/α-hetero) is 1. The summed E-state index contributed by atoms with van der Waals surface area (Å²) in [6.45, 7) is 2.00. The number of benzene rings is 1. The number of ether oxygens (including phenoxy) is 2. The summed E-state index contributed by atoms with van der Waals surface area (Å²) in [5, 5.41) is 0. The molecule has 0 N–H and O–H groups in total. The van der Waals surface area contributed by atoms with Crippen molar-refractivity contribution in [2.75, 3.05) is 6.61 Å². The van der Waals surface area contributed by atoms with Crippen LogP contribution in [-0.2, 0) is 9.53 Å². The molecular weight excluding hydrogens is 299 g/mol. The Morgan fingerprint density at radius 1 is 1.00 bits per heavy atom. The summed E-state index contributed by atoms with van der Waals surface area (Å²) < 4.78 is 75.6. The topological polar surface area (TPSA) is 35.5 Å². The van der Waals surface area contributed by atoms with Gasteiger partial charge in [-0.2, -0.15) is 8.78 Å². The van der Waals surface area contributed by atoms with Gasteiger partial charge in [-0.3, -0.25) is 4.79 Å². The smallest absolute Gasteiger partial charge is 0.207 e. The third-order valence-corrected chi connectivity index (χ3v) is 3.00. The Morgan fingerprint density at radius 2 is 1.52 bits per heavy atom. The number of ketones is 1. The van der Waals surface area contributed by atoms with E-state index in [2.05, 4.69) is 0 Å². The molecule has 2 atom stereocenters. The predicted molar refractivity (Wildman–Crippen MR) is 60.3 cm³/mol. The SMILES string of the molecule is CCCOC1C(=O)CC1Oc1c(F)c(F)c(F)c(F)c1F. The molecule has 1 aliphatic rings. The van der Waals surface area contributed by atoms with E-state index in [9.17, 15) is 26.7 Å². The molecule has 116 valence electrons. The van der Waals surface area contributed by atoms with E-state index in [0.717, 1.165) is 0 Å². The van der Waals surface area contributed by atoms with Crippen LogP contribution in [0.3, 0.4) is 0 Å². The molecule has 0 saturated heterocycles. The maximum absolute atomic E-state index is 13.4. The van der Waals surface area contributed by atoms with E-state index in [1.54, 1.807) is 6.92 Å². The van der Waals surface area contributed by atoms with Crippen LogP contribution in [0.4, 0.5) is 22.0 Å². The van der Waals surface area contributed by atoms with Gasteiger partial charge in [0.1, 0.15) is 6.10 Å². The second-order valence-electron chi connectivity index (χ2n) is 4.52. The summed E-state index contributed by atoms with van der Waals surface area (Å²) in [5.41, 5.74) is 0. The Kier molecular flexibility index (Phi) is 4.46. The molecule has 1 aromatic carbocycles. The van der Waals surface area contributed by atoms with E-state index in [1.165, 1.54) is 0 Å². The van der Waals surface area contributed by atoms with Crippen molar-refractivity contribution in [2.45, 2.75) is 32.0 Å². The first-order valence-electron chi connectivity index (χ1n) is 6.20. The minimum Gasteiger partial charge on any atom is -0.480 e. The van der Waals surface area contributed by atoms with Crippen molar-refractivity contribution in [2.24, 2.45) is 0 Å². The molecule has 0 aromatic heterocycles. The molecule has 0 heterocycles. The van der Waals surface area contributed by atoms with E-state index in [1.807, 2.05) is 0 Å². The molecule has 0 bridgehead atoms. The maximum Gasteiger partial charge on any atom is 0.207 e. The summed E-state index contributed by atoms with van der Waals surface area (Å²) in [6.07, 6.45) is -1.75. The van der Waals surface area contributed by atoms with Crippen molar-refractivity contribution >= 4 is 5.78 Å². The highest BCUT2D eigenvalue weighted by molar-refractivity contribution is 5.90. The lowest BCUT2D eigenvalue weighted by atomic mass is 9.90. The van der Waals surface area contributed by atoms with Gasteiger partial charge in [-0.05, 0) is 6.42 Å². The van der Waals surface area contributed by atoms with Crippen LogP contribution < -0.4 is 4.74 Å². The molecule has 1 aliphatic carbocycles. The number of hydrogen-bond donors (Lipinski definition) is 0. The molecule has 21 heavy (non-hydrogen) atoms. The predicted octanol–water partition coefficient (Wildman–Crippen LogP) is 2.90. The van der Waals surface area contributed by atoms with E-state index in [0.29, 0.717) is 6.42 Å². The van der Waals surface area contributed by atoms with Crippen LogP contribution in [-0.4, -0.2) is 24.6 Å². The van der Waals surface area contributed by atoms with Crippen molar-refractivity contribution in [1.82, 2.24) is 0 Å². The van der Waals surface area contributed by atoms with Crippen molar-refractivity contribution in [3.05, 3.63) is 29.1 Å². The van der Waals surface area contributed by atoms with Crippen LogP contribution in [0.15, 0.2) is 0 Å². The number of carbonyl (C=O) groups excluding carboxylic acids is 1. The molecular formula is C13H11F5O3. The highest BCUT2D eigenvalue weighted by Gasteiger charge is 2.44. The summed E-state index contributed by atoms with van der Waals surface area (Å²) >= 11 is 0. The van der Waals surface area contributed by atoms with Gasteiger partial charge in [-0.25, -0.2) is 13.2 Å². The van der Waals surface area contributed by atoms with E-state index < -0.39 is 47.0 Å². The molecule has 8 heteroatoms. The minimum absolute atomic E-state index is 0.214. The summed E-state index contributed by atoms with van der Waals surface area (Å²) in [6, 6.07) is 0. The Balaban J connectivity index is 2.22. The third kappa shape index (κ3) is 2.72. The minimum atomic E-state index is -2.26. The molecule has 1 saturated carbocycles. The van der Waals surface area contributed by atoms with E-state index in [4.69, 9.17) is 9.47 Å². The molecule has 2 unspecified atom stereocenters. The van der Waals surface area contributed by atoms with Gasteiger partial charge in [0.25, 0.3) is 0 Å². The lowest BCUT2D eigenvalue weighted by Crippen LogP contribution is -2.52. The van der Waals surface area contributed by atoms with Gasteiger partial charge < -0.3 is 9.47 Å². The van der Waals surface area contributed by atoms with Gasteiger partial charge >= 0.3 is 0 Å². The lowest BCUT2D eigenvalue weighted by Gasteiger charge is -2.34. The first kappa shape index (κ1) is 15.7. The Labute approximate surface area is 116 Å². The summed E-state index contributed by atoms with van der Waals surface area (Å²) in [5.74, 6) is -12.3. The fourth-order valence-corrected chi connectivity index (χ4v) is 1.86. The fourth-order valence-electron chi connectivity index (χ4n) is 1.86. The van der Waals surface area contributed by atoms with Crippen LogP contribution >= 0.6 is 0 Å².